The number of nitrogens with one attached hydrogen (secondary N) is 3. The van der Waals surface area contributed by atoms with E-state index in [2.05, 4.69) is 16.0 Å². The van der Waals surface area contributed by atoms with E-state index in [1.165, 1.54) is 18.3 Å². The Morgan fingerprint density at radius 3 is 2.59 bits per heavy atom. The van der Waals surface area contributed by atoms with Crippen molar-refractivity contribution >= 4 is 52.1 Å². The molecule has 1 saturated heterocycles. The maximum absolute atomic E-state index is 14.7. The number of anilines is 1. The topological polar surface area (TPSA) is 142 Å². The highest BCUT2D eigenvalue weighted by Crippen LogP contribution is 2.28. The summed E-state index contributed by atoms with van der Waals surface area (Å²) in [7, 11) is 3.70. The Labute approximate surface area is 239 Å². The van der Waals surface area contributed by atoms with Gasteiger partial charge in [0, 0.05) is 48.8 Å². The summed E-state index contributed by atoms with van der Waals surface area (Å²) in [6, 6.07) is 6.49. The summed E-state index contributed by atoms with van der Waals surface area (Å²) in [6.45, 7) is 0.261. The van der Waals surface area contributed by atoms with Crippen molar-refractivity contribution in [2.24, 2.45) is 5.73 Å². The van der Waals surface area contributed by atoms with E-state index in [9.17, 15) is 28.0 Å². The molecule has 0 unspecified atom stereocenters. The van der Waals surface area contributed by atoms with Gasteiger partial charge in [0.15, 0.2) is 0 Å². The van der Waals surface area contributed by atoms with Gasteiger partial charge in [-0.25, -0.2) is 18.4 Å². The van der Waals surface area contributed by atoms with Crippen molar-refractivity contribution in [3.63, 3.8) is 0 Å². The summed E-state index contributed by atoms with van der Waals surface area (Å²) in [5.74, 6) is -1.99. The first kappa shape index (κ1) is 29.7. The number of carbonyl (C=O) groups excluding carboxylic acids is 4. The second kappa shape index (κ2) is 12.5. The van der Waals surface area contributed by atoms with Gasteiger partial charge in [-0.1, -0.05) is 29.8 Å². The number of benzene rings is 2. The Morgan fingerprint density at radius 2 is 1.88 bits per heavy atom. The third-order valence-electron chi connectivity index (χ3n) is 6.67. The summed E-state index contributed by atoms with van der Waals surface area (Å²) < 4.78 is 30.3. The third kappa shape index (κ3) is 6.74. The number of alkyl halides is 1. The number of nitrogens with zero attached hydrogens (tertiary/aromatic N) is 3. The van der Waals surface area contributed by atoms with Crippen LogP contribution in [-0.2, 0) is 11.3 Å². The van der Waals surface area contributed by atoms with E-state index in [4.69, 9.17) is 17.3 Å². The van der Waals surface area contributed by atoms with E-state index >= 15 is 0 Å². The van der Waals surface area contributed by atoms with Crippen molar-refractivity contribution in [2.45, 2.75) is 25.2 Å². The van der Waals surface area contributed by atoms with Crippen LogP contribution in [-0.4, -0.2) is 84.2 Å². The molecule has 14 heteroatoms. The lowest BCUT2D eigenvalue weighted by Gasteiger charge is -2.24. The fraction of sp³-hybridized carbons (Fsp3) is 0.333. The van der Waals surface area contributed by atoms with Crippen LogP contribution in [0.1, 0.15) is 22.3 Å². The first-order valence-electron chi connectivity index (χ1n) is 12.8. The van der Waals surface area contributed by atoms with E-state index in [-0.39, 0.29) is 41.3 Å². The summed E-state index contributed by atoms with van der Waals surface area (Å²) in [4.78, 5) is 53.4. The number of primary amides is 1. The molecule has 5 N–H and O–H groups in total. The van der Waals surface area contributed by atoms with Crippen molar-refractivity contribution < 1.29 is 28.0 Å². The van der Waals surface area contributed by atoms with E-state index in [1.807, 2.05) is 19.0 Å². The molecule has 0 radical (unpaired) electrons. The van der Waals surface area contributed by atoms with Crippen LogP contribution < -0.4 is 21.7 Å². The monoisotopic (exact) mass is 589 g/mol. The molecule has 1 aromatic heterocycles. The number of fused-ring (bicyclic) bond motifs is 1. The number of likely N-dealkylation sites (N-methyl/N-ethyl adjacent to an activating group) is 1. The molecule has 3 aromatic rings. The van der Waals surface area contributed by atoms with Gasteiger partial charge in [-0.3, -0.25) is 14.2 Å². The predicted octanol–water partition coefficient (Wildman–Crippen LogP) is 2.91. The van der Waals surface area contributed by atoms with Crippen molar-refractivity contribution in [1.29, 1.82) is 0 Å². The molecule has 0 spiro atoms. The lowest BCUT2D eigenvalue weighted by molar-refractivity contribution is -0.124. The number of amides is 5. The van der Waals surface area contributed by atoms with E-state index in [1.54, 1.807) is 24.3 Å². The molecule has 218 valence electrons. The molecule has 11 nitrogen and oxygen atoms in total. The number of urea groups is 1. The summed E-state index contributed by atoms with van der Waals surface area (Å²) in [5.41, 5.74) is 6.20. The minimum Gasteiger partial charge on any atom is -0.351 e. The smallest absolute Gasteiger partial charge is 0.323 e. The van der Waals surface area contributed by atoms with Crippen LogP contribution in [0.3, 0.4) is 0 Å². The number of para-hydroxylation sites is 1. The Morgan fingerprint density at radius 1 is 1.15 bits per heavy atom. The summed E-state index contributed by atoms with van der Waals surface area (Å²) >= 11 is 6.00. The van der Waals surface area contributed by atoms with Crippen LogP contribution in [0, 0.1) is 5.82 Å². The van der Waals surface area contributed by atoms with Crippen LogP contribution >= 0.6 is 11.6 Å². The Bertz CT molecular complexity index is 1500. The summed E-state index contributed by atoms with van der Waals surface area (Å²) in [6.07, 6.45) is -0.386. The van der Waals surface area contributed by atoms with Crippen LogP contribution in [0.25, 0.3) is 10.9 Å². The fourth-order valence-electron chi connectivity index (χ4n) is 4.61. The van der Waals surface area contributed by atoms with Crippen LogP contribution in [0.15, 0.2) is 42.6 Å². The van der Waals surface area contributed by atoms with Gasteiger partial charge in [0.1, 0.15) is 18.0 Å². The van der Waals surface area contributed by atoms with Crippen molar-refractivity contribution in [2.75, 3.05) is 39.0 Å². The molecule has 1 aliphatic heterocycles. The number of aromatic nitrogens is 1. The average molecular weight is 590 g/mol. The van der Waals surface area contributed by atoms with E-state index in [0.29, 0.717) is 24.0 Å². The zero-order valence-electron chi connectivity index (χ0n) is 22.4. The fourth-order valence-corrected chi connectivity index (χ4v) is 4.85. The number of hydrogen-bond donors (Lipinski definition) is 4. The quantitative estimate of drug-likeness (QED) is 0.320. The maximum Gasteiger partial charge on any atom is 0.323 e. The first-order valence-corrected chi connectivity index (χ1v) is 13.1. The maximum atomic E-state index is 14.7. The minimum absolute atomic E-state index is 0.0475. The number of hydrogen-bond acceptors (Lipinski definition) is 5. The molecular weight excluding hydrogens is 560 g/mol. The Kier molecular flexibility index (Phi) is 9.08. The van der Waals surface area contributed by atoms with Crippen LogP contribution in [0.2, 0.25) is 5.02 Å². The molecule has 4 rings (SSSR count). The molecule has 2 heterocycles. The van der Waals surface area contributed by atoms with E-state index < -0.39 is 41.9 Å². The Hall–Kier alpha value is -4.23. The molecule has 0 aliphatic carbocycles. The highest BCUT2D eigenvalue weighted by molar-refractivity contribution is 6.31. The molecule has 1 fully saturated rings. The molecule has 2 atom stereocenters. The highest BCUT2D eigenvalue weighted by Gasteiger charge is 2.40. The highest BCUT2D eigenvalue weighted by atomic mass is 35.5. The second-order valence-corrected chi connectivity index (χ2v) is 10.3. The standard InChI is InChI=1S/C27H30ClF2N7O4/c1-35(2)8-7-32-24(38)15-9-16(23(30)19(28)10-15)12-33-25(39)22-11-17(29)13-37(22)27(41)34-20-14-36(26(31)40)21-6-4-3-5-18(20)21/h3-6,9-10,14,17,22H,7-8,11-13H2,1-2H3,(H2,31,40)(H,32,38)(H,33,39)(H,34,41)/t17-,22+/m1/s1. The van der Waals surface area contributed by atoms with E-state index in [0.717, 1.165) is 9.47 Å². The number of rotatable bonds is 8. The zero-order valence-corrected chi connectivity index (χ0v) is 23.2. The first-order chi connectivity index (χ1) is 19.5. The second-order valence-electron chi connectivity index (χ2n) is 9.91. The Balaban J connectivity index is 1.45. The van der Waals surface area contributed by atoms with Gasteiger partial charge >= 0.3 is 12.1 Å². The van der Waals surface area contributed by atoms with Crippen molar-refractivity contribution in [3.8, 4) is 0 Å². The largest absolute Gasteiger partial charge is 0.351 e. The van der Waals surface area contributed by atoms with Crippen LogP contribution in [0.4, 0.5) is 24.1 Å². The lowest BCUT2D eigenvalue weighted by Crippen LogP contribution is -2.47. The summed E-state index contributed by atoms with van der Waals surface area (Å²) in [5, 5.41) is 8.08. The third-order valence-corrected chi connectivity index (χ3v) is 6.94. The molecule has 41 heavy (non-hydrogen) atoms. The van der Waals surface area contributed by atoms with Gasteiger partial charge in [0.05, 0.1) is 22.8 Å². The number of likely N-dealkylation sites (tertiary alicyclic amines) is 1. The van der Waals surface area contributed by atoms with Gasteiger partial charge in [0.2, 0.25) is 5.91 Å². The molecule has 2 aromatic carbocycles. The molecule has 1 aliphatic rings. The van der Waals surface area contributed by atoms with Crippen molar-refractivity contribution in [1.82, 2.24) is 25.0 Å². The van der Waals surface area contributed by atoms with Crippen LogP contribution in [0.5, 0.6) is 0 Å². The molecular formula is C27H30ClF2N7O4. The average Bonchev–Trinajstić information content (AvgIpc) is 3.50. The minimum atomic E-state index is -1.47. The van der Waals surface area contributed by atoms with Gasteiger partial charge in [-0.05, 0) is 32.3 Å². The van der Waals surface area contributed by atoms with Gasteiger partial charge in [-0.15, -0.1) is 0 Å². The van der Waals surface area contributed by atoms with Gasteiger partial charge < -0.3 is 31.5 Å². The number of carbonyl (C=O) groups is 4. The predicted molar refractivity (Wildman–Crippen MR) is 150 cm³/mol. The molecule has 5 amide bonds. The lowest BCUT2D eigenvalue weighted by atomic mass is 10.1. The van der Waals surface area contributed by atoms with Crippen molar-refractivity contribution in [3.05, 3.63) is 64.6 Å². The van der Waals surface area contributed by atoms with Gasteiger partial charge in [0.25, 0.3) is 5.91 Å². The molecule has 0 bridgehead atoms. The zero-order chi connectivity index (χ0) is 29.8. The normalized spacial score (nSPS) is 16.7. The number of nitrogens with two attached hydrogens (primary N) is 1. The number of halogens is 3. The SMILES string of the molecule is CN(C)CCNC(=O)c1cc(Cl)c(F)c(CNC(=O)[C@@H]2C[C@@H](F)CN2C(=O)Nc2cn(C(N)=O)c3ccccc23)c1. The molecule has 0 saturated carbocycles. The van der Waals surface area contributed by atoms with Gasteiger partial charge in [-0.2, -0.15) is 0 Å².